The summed E-state index contributed by atoms with van der Waals surface area (Å²) in [5, 5.41) is 0. The van der Waals surface area contributed by atoms with E-state index < -0.39 is 15.6 Å². The first-order valence-corrected chi connectivity index (χ1v) is 15.8. The molecule has 1 unspecified atom stereocenters. The van der Waals surface area contributed by atoms with Crippen LogP contribution in [0.25, 0.3) is 16.8 Å². The van der Waals surface area contributed by atoms with Crippen molar-refractivity contribution in [3.05, 3.63) is 130 Å². The predicted octanol–water partition coefficient (Wildman–Crippen LogP) is 5.82. The molecule has 0 aliphatic heterocycles. The number of hydrogen-bond donors (Lipinski definition) is 0. The van der Waals surface area contributed by atoms with Gasteiger partial charge in [0.2, 0.25) is 0 Å². The molecule has 45 heavy (non-hydrogen) atoms. The van der Waals surface area contributed by atoms with Crippen LogP contribution in [0.4, 0.5) is 5.69 Å². The SMILES string of the molecule is COc1ccccc1-c1ccc(C(C)N(C)C(=O)c2cccc(S(=O)(=O)N(C)c3c(C)n(C)n(-c4ccccc4)c3=O)c2)cc1. The molecule has 0 saturated heterocycles. The lowest BCUT2D eigenvalue weighted by Gasteiger charge is -2.26. The van der Waals surface area contributed by atoms with Gasteiger partial charge >= 0.3 is 0 Å². The standard InChI is InChI=1S/C35H36N4O5S/c1-24(26-19-21-27(22-20-26)31-17-10-11-18-32(31)44-6)36(3)34(40)28-13-12-16-30(23-28)45(42,43)38(5)33-25(2)37(4)39(35(33)41)29-14-8-7-9-15-29/h7-24H,1-6H3. The normalized spacial score (nSPS) is 12.0. The molecule has 5 rings (SSSR count). The summed E-state index contributed by atoms with van der Waals surface area (Å²) >= 11 is 0. The number of methoxy groups -OCH3 is 1. The van der Waals surface area contributed by atoms with E-state index >= 15 is 0 Å². The molecule has 5 aromatic rings. The van der Waals surface area contributed by atoms with Crippen LogP contribution >= 0.6 is 0 Å². The van der Waals surface area contributed by atoms with Crippen molar-refractivity contribution in [2.75, 3.05) is 25.5 Å². The molecule has 1 amide bonds. The molecule has 10 heteroatoms. The first-order chi connectivity index (χ1) is 21.5. The van der Waals surface area contributed by atoms with E-state index in [9.17, 15) is 18.0 Å². The van der Waals surface area contributed by atoms with Crippen LogP contribution in [-0.4, -0.2) is 49.8 Å². The van der Waals surface area contributed by atoms with Gasteiger partial charge in [-0.1, -0.05) is 66.7 Å². The number of hydrogen-bond acceptors (Lipinski definition) is 5. The number of anilines is 1. The highest BCUT2D eigenvalue weighted by atomic mass is 32.2. The zero-order chi connectivity index (χ0) is 32.5. The summed E-state index contributed by atoms with van der Waals surface area (Å²) in [6, 6.07) is 30.3. The second-order valence-electron chi connectivity index (χ2n) is 10.8. The molecule has 0 radical (unpaired) electrons. The Hall–Kier alpha value is -5.09. The van der Waals surface area contributed by atoms with Gasteiger partial charge in [0.1, 0.15) is 11.4 Å². The van der Waals surface area contributed by atoms with Crippen molar-refractivity contribution in [3.63, 3.8) is 0 Å². The quantitative estimate of drug-likeness (QED) is 0.206. The van der Waals surface area contributed by atoms with Gasteiger partial charge in [0, 0.05) is 32.3 Å². The Balaban J connectivity index is 1.39. The number of carbonyl (C=O) groups is 1. The maximum Gasteiger partial charge on any atom is 0.296 e. The van der Waals surface area contributed by atoms with E-state index in [1.807, 2.05) is 73.7 Å². The third-order valence-electron chi connectivity index (χ3n) is 8.29. The molecule has 0 fully saturated rings. The molecule has 0 aliphatic carbocycles. The average Bonchev–Trinajstić information content (AvgIpc) is 3.30. The molecule has 4 aromatic carbocycles. The van der Waals surface area contributed by atoms with Crippen molar-refractivity contribution in [3.8, 4) is 22.6 Å². The molecule has 0 saturated carbocycles. The third kappa shape index (κ3) is 5.76. The Morgan fingerprint density at radius 3 is 2.18 bits per heavy atom. The summed E-state index contributed by atoms with van der Waals surface area (Å²) in [5.41, 5.74) is 3.75. The molecular formula is C35H36N4O5S. The van der Waals surface area contributed by atoms with E-state index in [0.29, 0.717) is 11.4 Å². The zero-order valence-electron chi connectivity index (χ0n) is 26.1. The van der Waals surface area contributed by atoms with Gasteiger partial charge in [-0.25, -0.2) is 13.1 Å². The molecule has 1 atom stereocenters. The summed E-state index contributed by atoms with van der Waals surface area (Å²) in [5.74, 6) is 0.439. The number of aromatic nitrogens is 2. The van der Waals surface area contributed by atoms with Gasteiger partial charge in [-0.3, -0.25) is 18.6 Å². The molecule has 232 valence electrons. The zero-order valence-corrected chi connectivity index (χ0v) is 26.9. The summed E-state index contributed by atoms with van der Waals surface area (Å²) in [4.78, 5) is 28.6. The van der Waals surface area contributed by atoms with E-state index in [4.69, 9.17) is 4.74 Å². The Labute approximate surface area is 263 Å². The smallest absolute Gasteiger partial charge is 0.296 e. The monoisotopic (exact) mass is 624 g/mol. The van der Waals surface area contributed by atoms with Crippen molar-refractivity contribution in [2.45, 2.75) is 24.8 Å². The molecule has 1 heterocycles. The lowest BCUT2D eigenvalue weighted by atomic mass is 10.00. The molecule has 0 bridgehead atoms. The van der Waals surface area contributed by atoms with E-state index in [2.05, 4.69) is 0 Å². The Morgan fingerprint density at radius 1 is 0.867 bits per heavy atom. The maximum atomic E-state index is 13.8. The van der Waals surface area contributed by atoms with Gasteiger partial charge < -0.3 is 9.64 Å². The van der Waals surface area contributed by atoms with Gasteiger partial charge in [0.05, 0.1) is 29.4 Å². The molecular weight excluding hydrogens is 588 g/mol. The molecule has 0 N–H and O–H groups in total. The van der Waals surface area contributed by atoms with Crippen molar-refractivity contribution in [1.29, 1.82) is 0 Å². The minimum atomic E-state index is -4.19. The van der Waals surface area contributed by atoms with Crippen molar-refractivity contribution >= 4 is 21.6 Å². The number of sulfonamides is 1. The number of benzene rings is 4. The largest absolute Gasteiger partial charge is 0.496 e. The fourth-order valence-corrected chi connectivity index (χ4v) is 6.71. The van der Waals surface area contributed by atoms with Crippen LogP contribution in [0.3, 0.4) is 0 Å². The van der Waals surface area contributed by atoms with Crippen LogP contribution in [0, 0.1) is 6.92 Å². The van der Waals surface area contributed by atoms with Crippen molar-refractivity contribution < 1.29 is 17.9 Å². The number of nitrogens with zero attached hydrogens (tertiary/aromatic N) is 4. The van der Waals surface area contributed by atoms with Crippen molar-refractivity contribution in [2.24, 2.45) is 7.05 Å². The number of carbonyl (C=O) groups excluding carboxylic acids is 1. The summed E-state index contributed by atoms with van der Waals surface area (Å²) in [7, 11) is 2.20. The van der Waals surface area contributed by atoms with E-state index in [-0.39, 0.29) is 28.1 Å². The van der Waals surface area contributed by atoms with Gasteiger partial charge in [-0.15, -0.1) is 0 Å². The Bertz CT molecular complexity index is 2020. The predicted molar refractivity (Wildman–Crippen MR) is 177 cm³/mol. The van der Waals surface area contributed by atoms with Crippen LogP contribution in [0.1, 0.15) is 34.6 Å². The average molecular weight is 625 g/mol. The molecule has 1 aromatic heterocycles. The van der Waals surface area contributed by atoms with Crippen LogP contribution in [0.2, 0.25) is 0 Å². The lowest BCUT2D eigenvalue weighted by molar-refractivity contribution is 0.0742. The van der Waals surface area contributed by atoms with Gasteiger partial charge in [0.15, 0.2) is 0 Å². The fraction of sp³-hybridized carbons (Fsp3) is 0.200. The Morgan fingerprint density at radius 2 is 1.51 bits per heavy atom. The third-order valence-corrected chi connectivity index (χ3v) is 10.0. The summed E-state index contributed by atoms with van der Waals surface area (Å²) < 4.78 is 37.2. The fourth-order valence-electron chi connectivity index (χ4n) is 5.41. The van der Waals surface area contributed by atoms with Crippen LogP contribution in [0.15, 0.2) is 113 Å². The number of ether oxygens (including phenoxy) is 1. The second kappa shape index (κ2) is 12.5. The topological polar surface area (TPSA) is 93.8 Å². The Kier molecular flexibility index (Phi) is 8.70. The first-order valence-electron chi connectivity index (χ1n) is 14.4. The maximum absolute atomic E-state index is 13.8. The number of amides is 1. The highest BCUT2D eigenvalue weighted by molar-refractivity contribution is 7.92. The first kappa shape index (κ1) is 31.3. The molecule has 9 nitrogen and oxygen atoms in total. The number of para-hydroxylation sites is 2. The minimum absolute atomic E-state index is 0.0281. The highest BCUT2D eigenvalue weighted by Crippen LogP contribution is 2.31. The summed E-state index contributed by atoms with van der Waals surface area (Å²) in [6.45, 7) is 3.61. The number of rotatable bonds is 9. The van der Waals surface area contributed by atoms with Gasteiger partial charge in [-0.05, 0) is 61.4 Å². The van der Waals surface area contributed by atoms with Crippen molar-refractivity contribution in [1.82, 2.24) is 14.3 Å². The van der Waals surface area contributed by atoms with E-state index in [1.54, 1.807) is 55.9 Å². The van der Waals surface area contributed by atoms with Crippen LogP contribution in [-0.2, 0) is 17.1 Å². The van der Waals surface area contributed by atoms with E-state index in [0.717, 1.165) is 26.7 Å². The minimum Gasteiger partial charge on any atom is -0.496 e. The van der Waals surface area contributed by atoms with E-state index in [1.165, 1.54) is 29.9 Å². The second-order valence-corrected chi connectivity index (χ2v) is 12.8. The highest BCUT2D eigenvalue weighted by Gasteiger charge is 2.30. The van der Waals surface area contributed by atoms with Gasteiger partial charge in [-0.2, -0.15) is 0 Å². The van der Waals surface area contributed by atoms with Crippen LogP contribution in [0.5, 0.6) is 5.75 Å². The molecule has 0 spiro atoms. The lowest BCUT2D eigenvalue weighted by Crippen LogP contribution is -2.32. The summed E-state index contributed by atoms with van der Waals surface area (Å²) in [6.07, 6.45) is 0. The van der Waals surface area contributed by atoms with Crippen LogP contribution < -0.4 is 14.6 Å². The van der Waals surface area contributed by atoms with Gasteiger partial charge in [0.25, 0.3) is 21.5 Å². The molecule has 0 aliphatic rings.